The molecule has 12 heteroatoms. The first kappa shape index (κ1) is 24.9. The summed E-state index contributed by atoms with van der Waals surface area (Å²) in [6, 6.07) is 3.70. The lowest BCUT2D eigenvalue weighted by Gasteiger charge is -2.30. The van der Waals surface area contributed by atoms with Crippen molar-refractivity contribution < 1.29 is 22.8 Å². The molecule has 2 aromatic heterocycles. The van der Waals surface area contributed by atoms with Crippen molar-refractivity contribution in [3.05, 3.63) is 53.6 Å². The van der Waals surface area contributed by atoms with Gasteiger partial charge in [0.1, 0.15) is 11.6 Å². The van der Waals surface area contributed by atoms with Crippen LogP contribution in [0.3, 0.4) is 0 Å². The maximum Gasteiger partial charge on any atom is 0.324 e. The summed E-state index contributed by atoms with van der Waals surface area (Å²) in [7, 11) is 0. The van der Waals surface area contributed by atoms with E-state index in [-0.39, 0.29) is 23.4 Å². The zero-order chi connectivity index (χ0) is 26.1. The van der Waals surface area contributed by atoms with Gasteiger partial charge in [0.15, 0.2) is 11.6 Å². The third kappa shape index (κ3) is 5.28. The average Bonchev–Trinajstić information content (AvgIpc) is 3.71. The first-order chi connectivity index (χ1) is 18.5. The summed E-state index contributed by atoms with van der Waals surface area (Å²) < 4.78 is 44.8. The Labute approximate surface area is 219 Å². The monoisotopic (exact) mass is 527 g/mol. The zero-order valence-corrected chi connectivity index (χ0v) is 21.0. The molecule has 0 radical (unpaired) electrons. The molecular formula is C26H31F2N7O3. The number of nitrogens with zero attached hydrogens (tertiary/aromatic N) is 6. The van der Waals surface area contributed by atoms with Crippen molar-refractivity contribution in [2.45, 2.75) is 37.1 Å². The second-order valence-corrected chi connectivity index (χ2v) is 10.3. The number of nitrogens with two attached hydrogens (primary N) is 1. The highest BCUT2D eigenvalue weighted by Gasteiger charge is 2.34. The van der Waals surface area contributed by atoms with Crippen molar-refractivity contribution in [3.8, 4) is 5.75 Å². The van der Waals surface area contributed by atoms with Gasteiger partial charge in [-0.05, 0) is 48.9 Å². The maximum absolute atomic E-state index is 14.3. The van der Waals surface area contributed by atoms with Crippen molar-refractivity contribution in [3.63, 3.8) is 0 Å². The number of hydrogen-bond donors (Lipinski definition) is 1. The highest BCUT2D eigenvalue weighted by atomic mass is 19.1. The van der Waals surface area contributed by atoms with Gasteiger partial charge >= 0.3 is 6.01 Å². The van der Waals surface area contributed by atoms with Crippen LogP contribution in [0.15, 0.2) is 35.1 Å². The molecule has 1 aromatic carbocycles. The van der Waals surface area contributed by atoms with Crippen LogP contribution in [0.25, 0.3) is 0 Å². The van der Waals surface area contributed by atoms with Crippen molar-refractivity contribution >= 4 is 12.0 Å². The third-order valence-electron chi connectivity index (χ3n) is 7.72. The van der Waals surface area contributed by atoms with E-state index < -0.39 is 11.6 Å². The quantitative estimate of drug-likeness (QED) is 0.492. The topological polar surface area (TPSA) is 116 Å². The highest BCUT2D eigenvalue weighted by molar-refractivity contribution is 5.39. The van der Waals surface area contributed by atoms with Gasteiger partial charge in [0.05, 0.1) is 25.6 Å². The van der Waals surface area contributed by atoms with E-state index in [1.807, 2.05) is 4.90 Å². The minimum absolute atomic E-state index is 0.229. The molecule has 202 valence electrons. The molecule has 3 aliphatic rings. The van der Waals surface area contributed by atoms with Gasteiger partial charge < -0.3 is 29.5 Å². The summed E-state index contributed by atoms with van der Waals surface area (Å²) in [6.07, 6.45) is 6.13. The van der Waals surface area contributed by atoms with Gasteiger partial charge in [-0.2, -0.15) is 4.98 Å². The van der Waals surface area contributed by atoms with Crippen LogP contribution >= 0.6 is 0 Å². The van der Waals surface area contributed by atoms with Crippen LogP contribution in [0.5, 0.6) is 5.75 Å². The lowest BCUT2D eigenvalue weighted by Crippen LogP contribution is -2.35. The van der Waals surface area contributed by atoms with Crippen LogP contribution in [0.1, 0.15) is 42.5 Å². The molecule has 3 atom stereocenters. The Hall–Kier alpha value is -3.38. The van der Waals surface area contributed by atoms with Crippen LogP contribution < -0.4 is 20.3 Å². The molecule has 0 amide bonds. The van der Waals surface area contributed by atoms with Crippen molar-refractivity contribution in [1.82, 2.24) is 20.1 Å². The van der Waals surface area contributed by atoms with Crippen LogP contribution in [0.4, 0.5) is 20.7 Å². The smallest absolute Gasteiger partial charge is 0.324 e. The Kier molecular flexibility index (Phi) is 7.07. The maximum atomic E-state index is 14.3. The van der Waals surface area contributed by atoms with E-state index in [4.69, 9.17) is 19.7 Å². The van der Waals surface area contributed by atoms with Crippen molar-refractivity contribution in [2.75, 3.05) is 55.8 Å². The molecule has 0 spiro atoms. The summed E-state index contributed by atoms with van der Waals surface area (Å²) in [6.45, 7) is 4.50. The van der Waals surface area contributed by atoms with Crippen LogP contribution in [-0.4, -0.2) is 72.2 Å². The molecule has 3 saturated heterocycles. The Balaban J connectivity index is 0.982. The molecule has 3 aromatic rings. The number of halogens is 2. The van der Waals surface area contributed by atoms with E-state index in [0.29, 0.717) is 49.9 Å². The molecule has 10 nitrogen and oxygen atoms in total. The molecule has 5 heterocycles. The SMILES string of the molecule is N[C@H]1CN(c2ncc(OCC3CCN(c4nc(C5CCOC5)no4)CC3)cn2)C[C@@H]1c1cc(F)ccc1F. The normalized spacial score (nSPS) is 24.3. The van der Waals surface area contributed by atoms with E-state index in [1.165, 1.54) is 6.07 Å². The summed E-state index contributed by atoms with van der Waals surface area (Å²) in [5.74, 6) is 1.17. The third-order valence-corrected chi connectivity index (χ3v) is 7.72. The first-order valence-corrected chi connectivity index (χ1v) is 13.1. The van der Waals surface area contributed by atoms with Crippen LogP contribution in [0.2, 0.25) is 0 Å². The van der Waals surface area contributed by atoms with Gasteiger partial charge in [-0.15, -0.1) is 0 Å². The number of piperidine rings is 1. The number of anilines is 2. The Bertz CT molecular complexity index is 1230. The number of aromatic nitrogens is 4. The molecular weight excluding hydrogens is 496 g/mol. The number of hydrogen-bond acceptors (Lipinski definition) is 10. The van der Waals surface area contributed by atoms with Gasteiger partial charge in [-0.3, -0.25) is 0 Å². The second-order valence-electron chi connectivity index (χ2n) is 10.3. The molecule has 0 bridgehead atoms. The predicted molar refractivity (Wildman–Crippen MR) is 134 cm³/mol. The van der Waals surface area contributed by atoms with Crippen molar-refractivity contribution in [2.24, 2.45) is 11.7 Å². The fourth-order valence-corrected chi connectivity index (χ4v) is 5.43. The predicted octanol–water partition coefficient (Wildman–Crippen LogP) is 2.87. The van der Waals surface area contributed by atoms with E-state index >= 15 is 0 Å². The van der Waals surface area contributed by atoms with Gasteiger partial charge in [0, 0.05) is 50.7 Å². The van der Waals surface area contributed by atoms with Crippen LogP contribution in [0, 0.1) is 17.6 Å². The Morgan fingerprint density at radius 1 is 1.05 bits per heavy atom. The molecule has 3 fully saturated rings. The summed E-state index contributed by atoms with van der Waals surface area (Å²) in [4.78, 5) is 17.5. The van der Waals surface area contributed by atoms with E-state index in [0.717, 1.165) is 56.9 Å². The molecule has 0 aliphatic carbocycles. The number of rotatable bonds is 7. The first-order valence-electron chi connectivity index (χ1n) is 13.1. The second kappa shape index (κ2) is 10.8. The van der Waals surface area contributed by atoms with Gasteiger partial charge in [-0.25, -0.2) is 18.7 Å². The minimum Gasteiger partial charge on any atom is -0.490 e. The summed E-state index contributed by atoms with van der Waals surface area (Å²) in [5, 5.41) is 4.15. The molecule has 6 rings (SSSR count). The largest absolute Gasteiger partial charge is 0.490 e. The number of ether oxygens (including phenoxy) is 2. The highest BCUT2D eigenvalue weighted by Crippen LogP contribution is 2.31. The fourth-order valence-electron chi connectivity index (χ4n) is 5.43. The number of benzene rings is 1. The van der Waals surface area contributed by atoms with Gasteiger partial charge in [-0.1, -0.05) is 5.16 Å². The minimum atomic E-state index is -0.478. The van der Waals surface area contributed by atoms with Gasteiger partial charge in [0.2, 0.25) is 5.95 Å². The molecule has 2 N–H and O–H groups in total. The molecule has 3 aliphatic heterocycles. The standard InChI is InChI=1S/C26H31F2N7O3/c27-18-1-2-22(28)20(9-18)21-12-35(13-23(21)29)25-30-10-19(11-31-25)37-14-16-3-6-34(7-4-16)26-32-24(33-38-26)17-5-8-36-15-17/h1-2,9-11,16-17,21,23H,3-8,12-15,29H2/t17?,21-,23+/m1/s1. The molecule has 0 saturated carbocycles. The van der Waals surface area contributed by atoms with E-state index in [1.54, 1.807) is 12.4 Å². The molecule has 1 unspecified atom stereocenters. The van der Waals surface area contributed by atoms with E-state index in [2.05, 4.69) is 25.0 Å². The fraction of sp³-hybridized carbons (Fsp3) is 0.538. The summed E-state index contributed by atoms with van der Waals surface area (Å²) >= 11 is 0. The Morgan fingerprint density at radius 3 is 2.63 bits per heavy atom. The lowest BCUT2D eigenvalue weighted by molar-refractivity contribution is 0.192. The lowest BCUT2D eigenvalue weighted by atomic mass is 9.94. The molecule has 38 heavy (non-hydrogen) atoms. The van der Waals surface area contributed by atoms with Crippen molar-refractivity contribution in [1.29, 1.82) is 0 Å². The summed E-state index contributed by atoms with van der Waals surface area (Å²) in [5.41, 5.74) is 6.55. The average molecular weight is 528 g/mol. The van der Waals surface area contributed by atoms with E-state index in [9.17, 15) is 8.78 Å². The van der Waals surface area contributed by atoms with Crippen LogP contribution in [-0.2, 0) is 4.74 Å². The Morgan fingerprint density at radius 2 is 1.87 bits per heavy atom. The zero-order valence-electron chi connectivity index (χ0n) is 21.0. The van der Waals surface area contributed by atoms with Gasteiger partial charge in [0.25, 0.3) is 0 Å².